The Morgan fingerprint density at radius 2 is 2.00 bits per heavy atom. The smallest absolute Gasteiger partial charge is 0.338 e. The van der Waals surface area contributed by atoms with E-state index in [4.69, 9.17) is 9.15 Å². The van der Waals surface area contributed by atoms with Gasteiger partial charge in [0.15, 0.2) is 0 Å². The summed E-state index contributed by atoms with van der Waals surface area (Å²) >= 11 is 1.34. The van der Waals surface area contributed by atoms with Crippen molar-refractivity contribution in [3.8, 4) is 11.3 Å². The highest BCUT2D eigenvalue weighted by Gasteiger charge is 2.08. The summed E-state index contributed by atoms with van der Waals surface area (Å²) in [4.78, 5) is 24.0. The second kappa shape index (κ2) is 8.26. The van der Waals surface area contributed by atoms with Crippen LogP contribution in [-0.2, 0) is 4.74 Å². The fourth-order valence-corrected chi connectivity index (χ4v) is 2.79. The molecule has 0 spiro atoms. The quantitative estimate of drug-likeness (QED) is 0.406. The molecular weight excluding hydrogens is 352 g/mol. The van der Waals surface area contributed by atoms with Gasteiger partial charge in [-0.1, -0.05) is 18.2 Å². The van der Waals surface area contributed by atoms with E-state index in [1.807, 2.05) is 5.38 Å². The van der Waals surface area contributed by atoms with Crippen molar-refractivity contribution in [2.75, 3.05) is 6.61 Å². The van der Waals surface area contributed by atoms with E-state index in [9.17, 15) is 9.59 Å². The Morgan fingerprint density at radius 1 is 1.19 bits per heavy atom. The fourth-order valence-electron chi connectivity index (χ4n) is 2.18. The SMILES string of the molecule is CCOC(=O)c1ccc(-c2ccc(/C=N/NC(=O)c3cccs3)o2)cc1. The van der Waals surface area contributed by atoms with Gasteiger partial charge in [-0.3, -0.25) is 4.79 Å². The second-order valence-corrected chi connectivity index (χ2v) is 6.12. The molecule has 0 radical (unpaired) electrons. The molecule has 1 amide bonds. The number of amides is 1. The summed E-state index contributed by atoms with van der Waals surface area (Å²) in [6.07, 6.45) is 1.43. The average Bonchev–Trinajstić information content (AvgIpc) is 3.34. The van der Waals surface area contributed by atoms with E-state index in [1.165, 1.54) is 17.6 Å². The first-order valence-electron chi connectivity index (χ1n) is 7.91. The maximum atomic E-state index is 11.8. The summed E-state index contributed by atoms with van der Waals surface area (Å²) in [5.41, 5.74) is 3.75. The van der Waals surface area contributed by atoms with Gasteiger partial charge in [-0.15, -0.1) is 11.3 Å². The highest BCUT2D eigenvalue weighted by atomic mass is 32.1. The molecule has 0 fully saturated rings. The van der Waals surface area contributed by atoms with Crippen LogP contribution in [0.5, 0.6) is 0 Å². The lowest BCUT2D eigenvalue weighted by molar-refractivity contribution is 0.0526. The Labute approximate surface area is 154 Å². The molecule has 132 valence electrons. The Balaban J connectivity index is 1.63. The van der Waals surface area contributed by atoms with Crippen LogP contribution in [0.4, 0.5) is 0 Å². The van der Waals surface area contributed by atoms with E-state index in [0.717, 1.165) is 5.56 Å². The molecule has 3 aromatic rings. The van der Waals surface area contributed by atoms with Gasteiger partial charge in [0, 0.05) is 5.56 Å². The molecule has 2 heterocycles. The summed E-state index contributed by atoms with van der Waals surface area (Å²) < 4.78 is 10.6. The van der Waals surface area contributed by atoms with Gasteiger partial charge in [-0.05, 0) is 42.6 Å². The predicted molar refractivity (Wildman–Crippen MR) is 99.5 cm³/mol. The number of nitrogens with zero attached hydrogens (tertiary/aromatic N) is 1. The summed E-state index contributed by atoms with van der Waals surface area (Å²) in [5.74, 6) is 0.512. The third-order valence-corrected chi connectivity index (χ3v) is 4.28. The Kier molecular flexibility index (Phi) is 5.60. The molecule has 0 atom stereocenters. The normalized spacial score (nSPS) is 10.8. The molecule has 0 aliphatic carbocycles. The van der Waals surface area contributed by atoms with Crippen molar-refractivity contribution >= 4 is 29.4 Å². The molecule has 0 unspecified atom stereocenters. The zero-order valence-corrected chi connectivity index (χ0v) is 14.8. The van der Waals surface area contributed by atoms with Crippen LogP contribution in [0.15, 0.2) is 63.4 Å². The molecule has 0 saturated carbocycles. The van der Waals surface area contributed by atoms with E-state index in [-0.39, 0.29) is 11.9 Å². The molecule has 7 heteroatoms. The Morgan fingerprint density at radius 3 is 2.69 bits per heavy atom. The fraction of sp³-hybridized carbons (Fsp3) is 0.105. The van der Waals surface area contributed by atoms with E-state index >= 15 is 0 Å². The zero-order valence-electron chi connectivity index (χ0n) is 14.0. The van der Waals surface area contributed by atoms with Gasteiger partial charge >= 0.3 is 5.97 Å². The minimum Gasteiger partial charge on any atom is -0.462 e. The first kappa shape index (κ1) is 17.6. The number of furan rings is 1. The molecule has 0 aliphatic heterocycles. The largest absolute Gasteiger partial charge is 0.462 e. The average molecular weight is 368 g/mol. The number of hydrazone groups is 1. The third-order valence-electron chi connectivity index (χ3n) is 3.41. The summed E-state index contributed by atoms with van der Waals surface area (Å²) in [5, 5.41) is 5.71. The van der Waals surface area contributed by atoms with Crippen LogP contribution in [0.2, 0.25) is 0 Å². The van der Waals surface area contributed by atoms with Gasteiger partial charge in [0.25, 0.3) is 5.91 Å². The van der Waals surface area contributed by atoms with Crippen LogP contribution < -0.4 is 5.43 Å². The summed E-state index contributed by atoms with van der Waals surface area (Å²) in [6.45, 7) is 2.10. The van der Waals surface area contributed by atoms with Crippen molar-refractivity contribution < 1.29 is 18.7 Å². The van der Waals surface area contributed by atoms with Crippen LogP contribution in [-0.4, -0.2) is 24.7 Å². The Bertz CT molecular complexity index is 911. The molecule has 3 rings (SSSR count). The molecule has 26 heavy (non-hydrogen) atoms. The molecule has 1 N–H and O–H groups in total. The van der Waals surface area contributed by atoms with Gasteiger partial charge in [0.05, 0.1) is 23.3 Å². The lowest BCUT2D eigenvalue weighted by Crippen LogP contribution is -2.15. The molecule has 6 nitrogen and oxygen atoms in total. The van der Waals surface area contributed by atoms with Crippen molar-refractivity contribution in [1.29, 1.82) is 0 Å². The number of ether oxygens (including phenoxy) is 1. The number of carbonyl (C=O) groups is 2. The monoisotopic (exact) mass is 368 g/mol. The molecule has 2 aromatic heterocycles. The molecule has 0 aliphatic rings. The van der Waals surface area contributed by atoms with Crippen molar-refractivity contribution in [1.82, 2.24) is 5.43 Å². The first-order valence-corrected chi connectivity index (χ1v) is 8.79. The number of benzene rings is 1. The number of nitrogens with one attached hydrogen (secondary N) is 1. The Hall–Kier alpha value is -3.19. The highest BCUT2D eigenvalue weighted by Crippen LogP contribution is 2.22. The van der Waals surface area contributed by atoms with E-state index in [2.05, 4.69) is 10.5 Å². The number of thiophene rings is 1. The van der Waals surface area contributed by atoms with Crippen molar-refractivity contribution in [3.63, 3.8) is 0 Å². The highest BCUT2D eigenvalue weighted by molar-refractivity contribution is 7.12. The predicted octanol–water partition coefficient (Wildman–Crippen LogP) is 3.95. The topological polar surface area (TPSA) is 80.9 Å². The zero-order chi connectivity index (χ0) is 18.4. The van der Waals surface area contributed by atoms with Crippen LogP contribution >= 0.6 is 11.3 Å². The van der Waals surface area contributed by atoms with E-state index in [1.54, 1.807) is 55.5 Å². The lowest BCUT2D eigenvalue weighted by Gasteiger charge is -2.02. The molecular formula is C19H16N2O4S. The minimum absolute atomic E-state index is 0.266. The van der Waals surface area contributed by atoms with Crippen LogP contribution in [0.3, 0.4) is 0 Å². The van der Waals surface area contributed by atoms with Gasteiger partial charge in [-0.25, -0.2) is 10.2 Å². The summed E-state index contributed by atoms with van der Waals surface area (Å²) in [6, 6.07) is 14.0. The third kappa shape index (κ3) is 4.25. The number of hydrogen-bond donors (Lipinski definition) is 1. The second-order valence-electron chi connectivity index (χ2n) is 5.18. The first-order chi connectivity index (χ1) is 12.7. The lowest BCUT2D eigenvalue weighted by atomic mass is 10.1. The van der Waals surface area contributed by atoms with E-state index < -0.39 is 0 Å². The molecule has 0 bridgehead atoms. The van der Waals surface area contributed by atoms with Gasteiger partial charge < -0.3 is 9.15 Å². The van der Waals surface area contributed by atoms with Crippen molar-refractivity contribution in [2.45, 2.75) is 6.92 Å². The summed E-state index contributed by atoms with van der Waals surface area (Å²) in [7, 11) is 0. The number of esters is 1. The van der Waals surface area contributed by atoms with E-state index in [0.29, 0.717) is 28.6 Å². The van der Waals surface area contributed by atoms with Gasteiger partial charge in [0.2, 0.25) is 0 Å². The molecule has 1 aromatic carbocycles. The van der Waals surface area contributed by atoms with Crippen LogP contribution in [0, 0.1) is 0 Å². The van der Waals surface area contributed by atoms with Crippen LogP contribution in [0.1, 0.15) is 32.7 Å². The standard InChI is InChI=1S/C19H16N2O4S/c1-2-24-19(23)14-7-5-13(6-8-14)16-10-9-15(25-16)12-20-21-18(22)17-4-3-11-26-17/h3-12H,2H2,1H3,(H,21,22)/b20-12+. The van der Waals surface area contributed by atoms with Gasteiger partial charge in [0.1, 0.15) is 11.5 Å². The van der Waals surface area contributed by atoms with Gasteiger partial charge in [-0.2, -0.15) is 5.10 Å². The van der Waals surface area contributed by atoms with Crippen LogP contribution in [0.25, 0.3) is 11.3 Å². The van der Waals surface area contributed by atoms with Crippen molar-refractivity contribution in [3.05, 3.63) is 70.1 Å². The maximum Gasteiger partial charge on any atom is 0.338 e. The number of carbonyl (C=O) groups excluding carboxylic acids is 2. The van der Waals surface area contributed by atoms with Crippen molar-refractivity contribution in [2.24, 2.45) is 5.10 Å². The minimum atomic E-state index is -0.354. The number of rotatable bonds is 6. The number of hydrogen-bond acceptors (Lipinski definition) is 6. The maximum absolute atomic E-state index is 11.8. The molecule has 0 saturated heterocycles.